The quantitative estimate of drug-likeness (QED) is 0.355. The van der Waals surface area contributed by atoms with Gasteiger partial charge in [-0.2, -0.15) is 9.41 Å². The molecule has 0 N–H and O–H groups in total. The van der Waals surface area contributed by atoms with Crippen LogP contribution in [0.3, 0.4) is 0 Å². The van der Waals surface area contributed by atoms with Crippen LogP contribution >= 0.6 is 0 Å². The lowest BCUT2D eigenvalue weighted by molar-refractivity contribution is 0.0680. The normalized spacial score (nSPS) is 21.4. The largest absolute Gasteiger partial charge is 0.379 e. The highest BCUT2D eigenvalue weighted by Crippen LogP contribution is 2.45. The topological polar surface area (TPSA) is 85.8 Å². The molecule has 236 valence electrons. The van der Waals surface area contributed by atoms with Crippen LogP contribution < -0.4 is 9.80 Å². The number of rotatable bonds is 7. The Morgan fingerprint density at radius 2 is 1.47 bits per heavy atom. The van der Waals surface area contributed by atoms with Crippen LogP contribution in [-0.4, -0.2) is 83.8 Å². The van der Waals surface area contributed by atoms with Crippen LogP contribution in [0.2, 0.25) is 0 Å². The van der Waals surface area contributed by atoms with Crippen molar-refractivity contribution in [2.45, 2.75) is 30.2 Å². The third kappa shape index (κ3) is 6.27. The summed E-state index contributed by atoms with van der Waals surface area (Å²) in [6, 6.07) is 22.8. The van der Waals surface area contributed by atoms with Crippen LogP contribution in [0.4, 0.5) is 11.4 Å². The van der Waals surface area contributed by atoms with E-state index in [1.165, 1.54) is 16.4 Å². The number of hydrazone groups is 1. The average molecular weight is 628 g/mol. The van der Waals surface area contributed by atoms with Crippen LogP contribution in [0.25, 0.3) is 6.08 Å². The van der Waals surface area contributed by atoms with Crippen molar-refractivity contribution in [1.82, 2.24) is 9.31 Å². The minimum Gasteiger partial charge on any atom is -0.379 e. The fourth-order valence-corrected chi connectivity index (χ4v) is 7.79. The first-order chi connectivity index (χ1) is 21.6. The third-order valence-corrected chi connectivity index (χ3v) is 10.8. The Morgan fingerprint density at radius 1 is 0.867 bits per heavy atom. The van der Waals surface area contributed by atoms with Crippen molar-refractivity contribution < 1.29 is 17.9 Å². The maximum absolute atomic E-state index is 14.2. The van der Waals surface area contributed by atoms with E-state index >= 15 is 0 Å². The molecule has 2 fully saturated rings. The van der Waals surface area contributed by atoms with Crippen molar-refractivity contribution in [3.8, 4) is 0 Å². The van der Waals surface area contributed by atoms with Gasteiger partial charge in [-0.1, -0.05) is 24.3 Å². The van der Waals surface area contributed by atoms with Gasteiger partial charge in [-0.25, -0.2) is 13.4 Å². The minimum absolute atomic E-state index is 0.0566. The first kappa shape index (κ1) is 31.0. The SMILES string of the molecule is CN(C)c1ccc(/C=C2\CCCC3C2=NN(C(=O)c2ccc(S(=O)(=O)N4CCOCC4)cc2)C3c2ccc(N(C)C)cc2)cc1. The van der Waals surface area contributed by atoms with E-state index in [0.717, 1.165) is 53.0 Å². The molecule has 3 aromatic carbocycles. The lowest BCUT2D eigenvalue weighted by Crippen LogP contribution is -2.40. The number of benzene rings is 3. The number of hydrogen-bond acceptors (Lipinski definition) is 7. The standard InChI is InChI=1S/C35H41N5O4S/c1-37(2)29-14-8-25(9-15-29)24-28-6-5-7-32-33(28)36-40(34(32)26-10-16-30(17-11-26)38(3)4)35(41)27-12-18-31(19-13-27)45(42,43)39-20-22-44-23-21-39/h8-19,24,32,34H,5-7,20-23H2,1-4H3/b28-24+. The van der Waals surface area contributed by atoms with E-state index in [4.69, 9.17) is 9.84 Å². The summed E-state index contributed by atoms with van der Waals surface area (Å²) < 4.78 is 33.1. The van der Waals surface area contributed by atoms with Crippen LogP contribution in [0.1, 0.15) is 46.8 Å². The lowest BCUT2D eigenvalue weighted by atomic mass is 9.77. The second kappa shape index (κ2) is 12.8. The van der Waals surface area contributed by atoms with E-state index < -0.39 is 10.0 Å². The molecule has 2 aliphatic heterocycles. The van der Waals surface area contributed by atoms with Gasteiger partial charge in [0.2, 0.25) is 10.0 Å². The Balaban J connectivity index is 1.34. The van der Waals surface area contributed by atoms with Gasteiger partial charge in [-0.15, -0.1) is 0 Å². The van der Waals surface area contributed by atoms with Crippen molar-refractivity contribution in [3.05, 3.63) is 95.1 Å². The van der Waals surface area contributed by atoms with E-state index in [-0.39, 0.29) is 22.8 Å². The molecule has 6 rings (SSSR count). The van der Waals surface area contributed by atoms with Crippen LogP contribution in [0.15, 0.2) is 88.4 Å². The van der Waals surface area contributed by atoms with Gasteiger partial charge in [0.15, 0.2) is 0 Å². The molecule has 2 atom stereocenters. The van der Waals surface area contributed by atoms with E-state index in [9.17, 15) is 13.2 Å². The van der Waals surface area contributed by atoms with Crippen molar-refractivity contribution in [2.24, 2.45) is 11.0 Å². The number of carbonyl (C=O) groups is 1. The molecule has 3 aromatic rings. The Kier molecular flexibility index (Phi) is 8.81. The van der Waals surface area contributed by atoms with Crippen molar-refractivity contribution in [3.63, 3.8) is 0 Å². The molecular weight excluding hydrogens is 586 g/mol. The van der Waals surface area contributed by atoms with Gasteiger partial charge in [0, 0.05) is 64.1 Å². The zero-order valence-corrected chi connectivity index (χ0v) is 27.2. The Morgan fingerprint density at radius 3 is 2.07 bits per heavy atom. The fourth-order valence-electron chi connectivity index (χ4n) is 6.38. The number of allylic oxidation sites excluding steroid dienone is 1. The molecular formula is C35H41N5O4S. The molecule has 0 spiro atoms. The van der Waals surface area contributed by atoms with Gasteiger partial charge in [0.05, 0.1) is 29.9 Å². The summed E-state index contributed by atoms with van der Waals surface area (Å²) >= 11 is 0. The van der Waals surface area contributed by atoms with Gasteiger partial charge in [-0.3, -0.25) is 4.79 Å². The number of nitrogens with zero attached hydrogens (tertiary/aromatic N) is 5. The number of amides is 1. The molecule has 9 nitrogen and oxygen atoms in total. The summed E-state index contributed by atoms with van der Waals surface area (Å²) in [5.41, 5.74) is 6.87. The summed E-state index contributed by atoms with van der Waals surface area (Å²) in [6.45, 7) is 1.39. The maximum atomic E-state index is 14.2. The summed E-state index contributed by atoms with van der Waals surface area (Å²) in [6.07, 6.45) is 5.03. The molecule has 0 aromatic heterocycles. The van der Waals surface area contributed by atoms with Crippen molar-refractivity contribution in [2.75, 3.05) is 64.3 Å². The second-order valence-corrected chi connectivity index (χ2v) is 14.2. The highest BCUT2D eigenvalue weighted by atomic mass is 32.2. The molecule has 10 heteroatoms. The minimum atomic E-state index is -3.66. The number of anilines is 2. The van der Waals surface area contributed by atoms with Gasteiger partial charge < -0.3 is 14.5 Å². The molecule has 1 amide bonds. The first-order valence-electron chi connectivity index (χ1n) is 15.5. The Labute approximate surface area is 266 Å². The summed E-state index contributed by atoms with van der Waals surface area (Å²) in [4.78, 5) is 18.5. The van der Waals surface area contributed by atoms with Gasteiger partial charge in [0.25, 0.3) is 5.91 Å². The highest BCUT2D eigenvalue weighted by Gasteiger charge is 2.44. The molecule has 2 unspecified atom stereocenters. The van der Waals surface area contributed by atoms with E-state index in [1.54, 1.807) is 17.1 Å². The van der Waals surface area contributed by atoms with Gasteiger partial charge in [0.1, 0.15) is 0 Å². The number of morpholine rings is 1. The van der Waals surface area contributed by atoms with Crippen molar-refractivity contribution >= 4 is 39.1 Å². The first-order valence-corrected chi connectivity index (χ1v) is 16.9. The number of ether oxygens (including phenoxy) is 1. The molecule has 1 aliphatic carbocycles. The van der Waals surface area contributed by atoms with E-state index in [0.29, 0.717) is 31.9 Å². The van der Waals surface area contributed by atoms with Gasteiger partial charge in [-0.05, 0) is 90.6 Å². The molecule has 1 saturated carbocycles. The zero-order chi connectivity index (χ0) is 31.7. The summed E-state index contributed by atoms with van der Waals surface area (Å²) in [7, 11) is 4.41. The summed E-state index contributed by atoms with van der Waals surface area (Å²) in [5.74, 6) is -0.190. The van der Waals surface area contributed by atoms with Gasteiger partial charge >= 0.3 is 0 Å². The molecule has 1 saturated heterocycles. The molecule has 45 heavy (non-hydrogen) atoms. The Hall–Kier alpha value is -3.99. The number of carbonyl (C=O) groups excluding carboxylic acids is 1. The molecule has 3 aliphatic rings. The predicted molar refractivity (Wildman–Crippen MR) is 179 cm³/mol. The molecule has 2 heterocycles. The number of sulfonamides is 1. The number of fused-ring (bicyclic) bond motifs is 1. The van der Waals surface area contributed by atoms with Crippen LogP contribution in [0.5, 0.6) is 0 Å². The zero-order valence-electron chi connectivity index (χ0n) is 26.4. The van der Waals surface area contributed by atoms with E-state index in [2.05, 4.69) is 64.4 Å². The fraction of sp³-hybridized carbons (Fsp3) is 0.371. The third-order valence-electron chi connectivity index (χ3n) is 8.92. The average Bonchev–Trinajstić information content (AvgIpc) is 3.46. The Bertz CT molecular complexity index is 1690. The van der Waals surface area contributed by atoms with E-state index in [1.807, 2.05) is 28.2 Å². The predicted octanol–water partition coefficient (Wildman–Crippen LogP) is 5.28. The lowest BCUT2D eigenvalue weighted by Gasteiger charge is -2.30. The number of hydrogen-bond donors (Lipinski definition) is 0. The molecule has 0 bridgehead atoms. The van der Waals surface area contributed by atoms with Crippen molar-refractivity contribution in [1.29, 1.82) is 0 Å². The monoisotopic (exact) mass is 627 g/mol. The van der Waals surface area contributed by atoms with Crippen LogP contribution in [-0.2, 0) is 14.8 Å². The summed E-state index contributed by atoms with van der Waals surface area (Å²) in [5, 5.41) is 6.67. The maximum Gasteiger partial charge on any atom is 0.274 e. The second-order valence-electron chi connectivity index (χ2n) is 12.3. The molecule has 0 radical (unpaired) electrons. The van der Waals surface area contributed by atoms with Crippen LogP contribution in [0, 0.1) is 5.92 Å². The highest BCUT2D eigenvalue weighted by molar-refractivity contribution is 7.89. The smallest absolute Gasteiger partial charge is 0.274 e.